The highest BCUT2D eigenvalue weighted by Crippen LogP contribution is 2.46. The second kappa shape index (κ2) is 7.02. The van der Waals surface area contributed by atoms with Gasteiger partial charge in [-0.05, 0) is 31.7 Å². The van der Waals surface area contributed by atoms with Crippen LogP contribution < -0.4 is 10.1 Å². The van der Waals surface area contributed by atoms with Crippen LogP contribution in [0.15, 0.2) is 41.1 Å². The maximum absolute atomic E-state index is 12.7. The molecule has 1 N–H and O–H groups in total. The summed E-state index contributed by atoms with van der Waals surface area (Å²) >= 11 is 0. The van der Waals surface area contributed by atoms with Crippen LogP contribution >= 0.6 is 0 Å². The summed E-state index contributed by atoms with van der Waals surface area (Å²) in [6, 6.07) is 9.68. The number of hydrogen-bond acceptors (Lipinski definition) is 4. The molecule has 138 valence electrons. The minimum absolute atomic E-state index is 0.0368. The molecule has 1 fully saturated rings. The molecule has 1 aliphatic heterocycles. The van der Waals surface area contributed by atoms with Crippen LogP contribution in [0.3, 0.4) is 0 Å². The van der Waals surface area contributed by atoms with Gasteiger partial charge in [0.25, 0.3) is 0 Å². The largest absolute Gasteiger partial charge is 0.487 e. The Hall–Kier alpha value is -2.50. The smallest absolute Gasteiger partial charge is 0.317 e. The van der Waals surface area contributed by atoms with Crippen molar-refractivity contribution in [2.45, 2.75) is 56.7 Å². The first-order valence-corrected chi connectivity index (χ1v) is 9.34. The SMILES string of the molecule is CN(Cc1ccon1)C(=O)NC1CC2(CCCCC2)Oc2ccccc21. The van der Waals surface area contributed by atoms with E-state index in [1.54, 1.807) is 18.0 Å². The van der Waals surface area contributed by atoms with Crippen molar-refractivity contribution in [1.82, 2.24) is 15.4 Å². The number of hydrogen-bond donors (Lipinski definition) is 1. The average Bonchev–Trinajstić information content (AvgIpc) is 3.15. The molecule has 2 amide bonds. The summed E-state index contributed by atoms with van der Waals surface area (Å²) in [4.78, 5) is 14.4. The van der Waals surface area contributed by atoms with E-state index in [1.807, 2.05) is 24.3 Å². The van der Waals surface area contributed by atoms with E-state index in [0.717, 1.165) is 36.3 Å². The minimum Gasteiger partial charge on any atom is -0.487 e. The van der Waals surface area contributed by atoms with Gasteiger partial charge in [-0.25, -0.2) is 4.79 Å². The summed E-state index contributed by atoms with van der Waals surface area (Å²) in [6.45, 7) is 0.415. The molecule has 6 nitrogen and oxygen atoms in total. The third-order valence-electron chi connectivity index (χ3n) is 5.50. The molecule has 1 aromatic heterocycles. The Morgan fingerprint density at radius 2 is 2.08 bits per heavy atom. The average molecular weight is 355 g/mol. The number of benzene rings is 1. The quantitative estimate of drug-likeness (QED) is 0.902. The van der Waals surface area contributed by atoms with Gasteiger partial charge in [-0.3, -0.25) is 0 Å². The number of carbonyl (C=O) groups excluding carboxylic acids is 1. The number of rotatable bonds is 3. The Bertz CT molecular complexity index is 753. The molecule has 4 rings (SSSR count). The number of amides is 2. The predicted octanol–water partition coefficient (Wildman–Crippen LogP) is 4.04. The van der Waals surface area contributed by atoms with E-state index in [0.29, 0.717) is 6.54 Å². The minimum atomic E-state index is -0.144. The zero-order chi connectivity index (χ0) is 18.0. The molecule has 1 unspecified atom stereocenters. The maximum atomic E-state index is 12.7. The van der Waals surface area contributed by atoms with Crippen molar-refractivity contribution in [3.05, 3.63) is 47.9 Å². The van der Waals surface area contributed by atoms with Crippen LogP contribution in [0, 0.1) is 0 Å². The number of urea groups is 1. The molecule has 26 heavy (non-hydrogen) atoms. The highest BCUT2D eigenvalue weighted by molar-refractivity contribution is 5.74. The van der Waals surface area contributed by atoms with E-state index in [2.05, 4.69) is 10.5 Å². The summed E-state index contributed by atoms with van der Waals surface area (Å²) in [7, 11) is 1.77. The van der Waals surface area contributed by atoms with E-state index >= 15 is 0 Å². The third kappa shape index (κ3) is 3.41. The molecule has 2 aromatic rings. The highest BCUT2D eigenvalue weighted by atomic mass is 16.5. The molecule has 0 radical (unpaired) electrons. The van der Waals surface area contributed by atoms with E-state index < -0.39 is 0 Å². The third-order valence-corrected chi connectivity index (χ3v) is 5.50. The van der Waals surface area contributed by atoms with E-state index in [9.17, 15) is 4.79 Å². The fourth-order valence-electron chi connectivity index (χ4n) is 4.14. The number of fused-ring (bicyclic) bond motifs is 1. The van der Waals surface area contributed by atoms with Gasteiger partial charge in [-0.2, -0.15) is 0 Å². The van der Waals surface area contributed by atoms with Gasteiger partial charge in [0.05, 0.1) is 12.6 Å². The first-order valence-electron chi connectivity index (χ1n) is 9.34. The van der Waals surface area contributed by atoms with Crippen LogP contribution in [0.5, 0.6) is 5.75 Å². The van der Waals surface area contributed by atoms with Crippen LogP contribution in [-0.2, 0) is 6.54 Å². The topological polar surface area (TPSA) is 67.6 Å². The Kier molecular flexibility index (Phi) is 4.57. The van der Waals surface area contributed by atoms with Gasteiger partial charge in [0.2, 0.25) is 0 Å². The van der Waals surface area contributed by atoms with E-state index in [1.165, 1.54) is 25.5 Å². The van der Waals surface area contributed by atoms with Crippen molar-refractivity contribution in [3.8, 4) is 5.75 Å². The van der Waals surface area contributed by atoms with Gasteiger partial charge >= 0.3 is 6.03 Å². The lowest BCUT2D eigenvalue weighted by atomic mass is 9.77. The summed E-state index contributed by atoms with van der Waals surface area (Å²) in [5, 5.41) is 7.08. The lowest BCUT2D eigenvalue weighted by Gasteiger charge is -2.44. The number of aromatic nitrogens is 1. The van der Waals surface area contributed by atoms with Crippen molar-refractivity contribution in [2.24, 2.45) is 0 Å². The van der Waals surface area contributed by atoms with E-state index in [4.69, 9.17) is 9.26 Å². The molecule has 1 spiro atoms. The summed E-state index contributed by atoms with van der Waals surface area (Å²) in [6.07, 6.45) is 8.11. The lowest BCUT2D eigenvalue weighted by molar-refractivity contribution is -0.00168. The normalized spacial score (nSPS) is 20.9. The van der Waals surface area contributed by atoms with Gasteiger partial charge in [-0.15, -0.1) is 0 Å². The maximum Gasteiger partial charge on any atom is 0.317 e. The summed E-state index contributed by atoms with van der Waals surface area (Å²) < 4.78 is 11.3. The molecule has 0 saturated heterocycles. The van der Waals surface area contributed by atoms with Crippen molar-refractivity contribution >= 4 is 6.03 Å². The monoisotopic (exact) mass is 355 g/mol. The first kappa shape index (κ1) is 16.9. The number of nitrogens with one attached hydrogen (secondary N) is 1. The van der Waals surface area contributed by atoms with Crippen LogP contribution in [0.2, 0.25) is 0 Å². The van der Waals surface area contributed by atoms with Crippen molar-refractivity contribution in [3.63, 3.8) is 0 Å². The Labute approximate surface area is 153 Å². The van der Waals surface area contributed by atoms with Crippen LogP contribution in [-0.4, -0.2) is 28.7 Å². The molecule has 1 atom stereocenters. The first-order chi connectivity index (χ1) is 12.7. The van der Waals surface area contributed by atoms with Gasteiger partial charge in [-0.1, -0.05) is 29.8 Å². The highest BCUT2D eigenvalue weighted by Gasteiger charge is 2.42. The van der Waals surface area contributed by atoms with Crippen LogP contribution in [0.1, 0.15) is 55.8 Å². The van der Waals surface area contributed by atoms with Crippen LogP contribution in [0.25, 0.3) is 0 Å². The van der Waals surface area contributed by atoms with E-state index in [-0.39, 0.29) is 17.7 Å². The summed E-state index contributed by atoms with van der Waals surface area (Å²) in [5.41, 5.74) is 1.65. The molecular formula is C20H25N3O3. The van der Waals surface area contributed by atoms with Crippen LogP contribution in [0.4, 0.5) is 4.79 Å². The zero-order valence-corrected chi connectivity index (χ0v) is 15.1. The number of nitrogens with zero attached hydrogens (tertiary/aromatic N) is 2. The molecule has 6 heteroatoms. The standard InChI is InChI=1S/C20H25N3O3/c1-23(14-15-9-12-25-22-15)19(24)21-17-13-20(10-5-2-6-11-20)26-18-8-4-3-7-16(17)18/h3-4,7-9,12,17H,2,5-6,10-11,13-14H2,1H3,(H,21,24). The fraction of sp³-hybridized carbons (Fsp3) is 0.500. The lowest BCUT2D eigenvalue weighted by Crippen LogP contribution is -2.48. The van der Waals surface area contributed by atoms with Gasteiger partial charge < -0.3 is 19.5 Å². The molecule has 2 aliphatic rings. The van der Waals surface area contributed by atoms with Crippen molar-refractivity contribution in [2.75, 3.05) is 7.05 Å². The zero-order valence-electron chi connectivity index (χ0n) is 15.1. The molecule has 2 heterocycles. The second-order valence-corrected chi connectivity index (χ2v) is 7.44. The Balaban J connectivity index is 1.51. The fourth-order valence-corrected chi connectivity index (χ4v) is 4.14. The van der Waals surface area contributed by atoms with Gasteiger partial charge in [0, 0.05) is 25.1 Å². The Morgan fingerprint density at radius 3 is 2.85 bits per heavy atom. The predicted molar refractivity (Wildman–Crippen MR) is 96.7 cm³/mol. The van der Waals surface area contributed by atoms with Crippen molar-refractivity contribution in [1.29, 1.82) is 0 Å². The molecular weight excluding hydrogens is 330 g/mol. The molecule has 1 aliphatic carbocycles. The molecule has 1 saturated carbocycles. The Morgan fingerprint density at radius 1 is 1.27 bits per heavy atom. The second-order valence-electron chi connectivity index (χ2n) is 7.44. The molecule has 0 bridgehead atoms. The molecule has 1 aromatic carbocycles. The summed E-state index contributed by atoms with van der Waals surface area (Å²) in [5.74, 6) is 0.908. The number of carbonyl (C=O) groups is 1. The van der Waals surface area contributed by atoms with Gasteiger partial charge in [0.15, 0.2) is 0 Å². The van der Waals surface area contributed by atoms with Crippen molar-refractivity contribution < 1.29 is 14.1 Å². The number of para-hydroxylation sites is 1. The number of ether oxygens (including phenoxy) is 1. The van der Waals surface area contributed by atoms with Gasteiger partial charge in [0.1, 0.15) is 23.3 Å².